The summed E-state index contributed by atoms with van der Waals surface area (Å²) in [5.41, 5.74) is 4.50. The van der Waals surface area contributed by atoms with E-state index in [1.807, 2.05) is 0 Å². The molecule has 0 heterocycles. The van der Waals surface area contributed by atoms with Crippen LogP contribution in [0.15, 0.2) is 30.3 Å². The molecule has 1 aromatic rings. The van der Waals surface area contributed by atoms with E-state index >= 15 is 0 Å². The molecule has 0 N–H and O–H groups in total. The molecule has 0 amide bonds. The fourth-order valence-corrected chi connectivity index (χ4v) is 3.20. The summed E-state index contributed by atoms with van der Waals surface area (Å²) in [7, 11) is 0. The minimum Gasteiger partial charge on any atom is -0.0836 e. The van der Waals surface area contributed by atoms with E-state index in [0.29, 0.717) is 0 Å². The molecule has 98 valence electrons. The minimum absolute atomic E-state index is 0.806. The van der Waals surface area contributed by atoms with E-state index in [2.05, 4.69) is 44.2 Å². The monoisotopic (exact) mass is 242 g/mol. The van der Waals surface area contributed by atoms with E-state index in [4.69, 9.17) is 0 Å². The maximum absolute atomic E-state index is 2.34. The molecule has 1 saturated carbocycles. The van der Waals surface area contributed by atoms with Crippen LogP contribution >= 0.6 is 0 Å². The predicted octanol–water partition coefficient (Wildman–Crippen LogP) is 5.62. The van der Waals surface area contributed by atoms with Gasteiger partial charge >= 0.3 is 0 Å². The number of aryl methyl sites for hydroxylation is 1. The fraction of sp³-hybridized carbons (Fsp3) is 0.556. The second-order valence-corrected chi connectivity index (χ2v) is 5.53. The second-order valence-electron chi connectivity index (χ2n) is 5.53. The van der Waals surface area contributed by atoms with Gasteiger partial charge in [0, 0.05) is 0 Å². The molecule has 0 atom stereocenters. The Bertz CT molecular complexity index is 377. The normalized spacial score (nSPS) is 18.0. The lowest BCUT2D eigenvalue weighted by Gasteiger charge is -2.25. The maximum Gasteiger partial charge on any atom is -0.0159 e. The number of rotatable bonds is 4. The maximum atomic E-state index is 2.34. The molecule has 1 aromatic carbocycles. The van der Waals surface area contributed by atoms with Crippen LogP contribution < -0.4 is 0 Å². The van der Waals surface area contributed by atoms with Gasteiger partial charge in [-0.3, -0.25) is 0 Å². The van der Waals surface area contributed by atoms with Crippen LogP contribution in [0.2, 0.25) is 0 Å². The summed E-state index contributed by atoms with van der Waals surface area (Å²) in [6, 6.07) is 9.28. The molecule has 1 fully saturated rings. The highest BCUT2D eigenvalue weighted by molar-refractivity contribution is 5.67. The van der Waals surface area contributed by atoms with Crippen molar-refractivity contribution in [2.24, 2.45) is 5.92 Å². The first-order valence-corrected chi connectivity index (χ1v) is 7.60. The lowest BCUT2D eigenvalue weighted by molar-refractivity contribution is 0.429. The van der Waals surface area contributed by atoms with Crippen molar-refractivity contribution in [3.8, 4) is 0 Å². The molecule has 0 nitrogen and oxygen atoms in total. The van der Waals surface area contributed by atoms with Crippen molar-refractivity contribution < 1.29 is 0 Å². The number of benzene rings is 1. The third-order valence-corrected chi connectivity index (χ3v) is 4.18. The zero-order chi connectivity index (χ0) is 12.8. The molecule has 1 aliphatic carbocycles. The largest absolute Gasteiger partial charge is 0.0836 e. The third kappa shape index (κ3) is 3.25. The van der Waals surface area contributed by atoms with E-state index in [9.17, 15) is 0 Å². The summed E-state index contributed by atoms with van der Waals surface area (Å²) in [4.78, 5) is 0. The van der Waals surface area contributed by atoms with Gasteiger partial charge in [0.15, 0.2) is 0 Å². The van der Waals surface area contributed by atoms with Gasteiger partial charge in [0.25, 0.3) is 0 Å². The second kappa shape index (κ2) is 6.78. The average molecular weight is 242 g/mol. The quantitative estimate of drug-likeness (QED) is 0.642. The van der Waals surface area contributed by atoms with Crippen LogP contribution in [-0.2, 0) is 6.42 Å². The van der Waals surface area contributed by atoms with E-state index in [1.165, 1.54) is 56.1 Å². The van der Waals surface area contributed by atoms with Crippen molar-refractivity contribution in [2.45, 2.75) is 58.8 Å². The Labute approximate surface area is 112 Å². The Morgan fingerprint density at radius 1 is 1.11 bits per heavy atom. The van der Waals surface area contributed by atoms with Gasteiger partial charge in [0.05, 0.1) is 0 Å². The molecule has 0 aromatic heterocycles. The van der Waals surface area contributed by atoms with Crippen molar-refractivity contribution in [1.82, 2.24) is 0 Å². The smallest absolute Gasteiger partial charge is 0.0159 e. The molecule has 2 rings (SSSR count). The van der Waals surface area contributed by atoms with E-state index in [0.717, 1.165) is 5.92 Å². The van der Waals surface area contributed by atoms with Gasteiger partial charge in [-0.25, -0.2) is 0 Å². The van der Waals surface area contributed by atoms with Crippen LogP contribution in [0.4, 0.5) is 0 Å². The molecular weight excluding hydrogens is 216 g/mol. The molecule has 1 aliphatic rings. The molecule has 0 spiro atoms. The van der Waals surface area contributed by atoms with Crippen LogP contribution in [0.1, 0.15) is 63.5 Å². The highest BCUT2D eigenvalue weighted by Crippen LogP contribution is 2.35. The molecule has 0 bridgehead atoms. The average Bonchev–Trinajstić information content (AvgIpc) is 2.43. The van der Waals surface area contributed by atoms with E-state index in [-0.39, 0.29) is 0 Å². The predicted molar refractivity (Wildman–Crippen MR) is 80.7 cm³/mol. The first-order chi connectivity index (χ1) is 8.85. The summed E-state index contributed by atoms with van der Waals surface area (Å²) >= 11 is 0. The minimum atomic E-state index is 0.806. The van der Waals surface area contributed by atoms with Gasteiger partial charge in [-0.05, 0) is 48.8 Å². The number of hydrogen-bond donors (Lipinski definition) is 0. The molecule has 0 unspecified atom stereocenters. The van der Waals surface area contributed by atoms with Crippen molar-refractivity contribution >= 4 is 5.57 Å². The zero-order valence-electron chi connectivity index (χ0n) is 11.9. The Morgan fingerprint density at radius 2 is 1.78 bits per heavy atom. The van der Waals surface area contributed by atoms with E-state index < -0.39 is 0 Å². The van der Waals surface area contributed by atoms with Gasteiger partial charge in [0.2, 0.25) is 0 Å². The Balaban J connectivity index is 2.12. The zero-order valence-corrected chi connectivity index (χ0v) is 11.9. The standard InChI is InChI=1S/C18H26/c1-3-8-15-11-13-17(14-12-15)18(4-2)16-9-6-5-7-10-16/h4,11-14,16H,3,5-10H2,1-2H3. The lowest BCUT2D eigenvalue weighted by Crippen LogP contribution is -2.08. The molecule has 18 heavy (non-hydrogen) atoms. The summed E-state index contributed by atoms with van der Waals surface area (Å²) < 4.78 is 0. The molecule has 0 radical (unpaired) electrons. The topological polar surface area (TPSA) is 0 Å². The van der Waals surface area contributed by atoms with Crippen molar-refractivity contribution in [2.75, 3.05) is 0 Å². The summed E-state index contributed by atoms with van der Waals surface area (Å²) in [6.45, 7) is 4.44. The van der Waals surface area contributed by atoms with Crippen LogP contribution in [0.5, 0.6) is 0 Å². The molecule has 0 aliphatic heterocycles. The van der Waals surface area contributed by atoms with Gasteiger partial charge < -0.3 is 0 Å². The third-order valence-electron chi connectivity index (χ3n) is 4.18. The van der Waals surface area contributed by atoms with Gasteiger partial charge in [0.1, 0.15) is 0 Å². The van der Waals surface area contributed by atoms with Crippen LogP contribution in [0.3, 0.4) is 0 Å². The Kier molecular flexibility index (Phi) is 5.04. The molecular formula is C18H26. The highest BCUT2D eigenvalue weighted by atomic mass is 14.2. The number of allylic oxidation sites excluding steroid dienone is 2. The Morgan fingerprint density at radius 3 is 2.33 bits per heavy atom. The van der Waals surface area contributed by atoms with Gasteiger partial charge in [-0.2, -0.15) is 0 Å². The first kappa shape index (κ1) is 13.4. The van der Waals surface area contributed by atoms with Crippen LogP contribution in [-0.4, -0.2) is 0 Å². The number of hydrogen-bond acceptors (Lipinski definition) is 0. The van der Waals surface area contributed by atoms with Crippen molar-refractivity contribution in [3.63, 3.8) is 0 Å². The van der Waals surface area contributed by atoms with Crippen molar-refractivity contribution in [3.05, 3.63) is 41.5 Å². The summed E-state index contributed by atoms with van der Waals surface area (Å²) in [5.74, 6) is 0.806. The van der Waals surface area contributed by atoms with E-state index in [1.54, 1.807) is 5.57 Å². The summed E-state index contributed by atoms with van der Waals surface area (Å²) in [5, 5.41) is 0. The van der Waals surface area contributed by atoms with Gasteiger partial charge in [-0.15, -0.1) is 0 Å². The van der Waals surface area contributed by atoms with Crippen molar-refractivity contribution in [1.29, 1.82) is 0 Å². The highest BCUT2D eigenvalue weighted by Gasteiger charge is 2.18. The summed E-state index contributed by atoms with van der Waals surface area (Å²) in [6.07, 6.45) is 11.8. The fourth-order valence-electron chi connectivity index (χ4n) is 3.20. The SMILES string of the molecule is CC=C(c1ccc(CCC)cc1)C1CCCCC1. The van der Waals surface area contributed by atoms with Crippen LogP contribution in [0.25, 0.3) is 5.57 Å². The molecule has 0 saturated heterocycles. The van der Waals surface area contributed by atoms with Crippen LogP contribution in [0, 0.1) is 5.92 Å². The first-order valence-electron chi connectivity index (χ1n) is 7.60. The lowest BCUT2D eigenvalue weighted by atomic mass is 9.81. The Hall–Kier alpha value is -1.04. The molecule has 0 heteroatoms. The van der Waals surface area contributed by atoms with Gasteiger partial charge in [-0.1, -0.05) is 62.9 Å².